The lowest BCUT2D eigenvalue weighted by Gasteiger charge is -2.11. The minimum Gasteiger partial charge on any atom is -0.326 e. The van der Waals surface area contributed by atoms with E-state index in [1.54, 1.807) is 6.07 Å². The molecule has 0 atom stereocenters. The highest BCUT2D eigenvalue weighted by molar-refractivity contribution is 9.10. The Morgan fingerprint density at radius 1 is 0.913 bits per heavy atom. The van der Waals surface area contributed by atoms with Crippen molar-refractivity contribution < 1.29 is 9.59 Å². The van der Waals surface area contributed by atoms with Gasteiger partial charge in [-0.1, -0.05) is 40.2 Å². The van der Waals surface area contributed by atoms with Gasteiger partial charge in [0.2, 0.25) is 11.8 Å². The van der Waals surface area contributed by atoms with Crippen LogP contribution in [-0.2, 0) is 9.59 Å². The van der Waals surface area contributed by atoms with Crippen LogP contribution in [0, 0.1) is 20.8 Å². The minimum absolute atomic E-state index is 0.223. The van der Waals surface area contributed by atoms with Crippen LogP contribution in [0.15, 0.2) is 40.9 Å². The summed E-state index contributed by atoms with van der Waals surface area (Å²) in [6.07, 6.45) is -0.223. The number of halogens is 1. The first-order valence-electron chi connectivity index (χ1n) is 7.29. The lowest BCUT2D eigenvalue weighted by atomic mass is 10.1. The van der Waals surface area contributed by atoms with Gasteiger partial charge in [-0.25, -0.2) is 0 Å². The normalized spacial score (nSPS) is 10.3. The van der Waals surface area contributed by atoms with Gasteiger partial charge in [0.05, 0.1) is 0 Å². The molecule has 0 saturated heterocycles. The first kappa shape index (κ1) is 17.2. The number of benzene rings is 2. The number of nitrogens with one attached hydrogen (secondary N) is 2. The Kier molecular flexibility index (Phi) is 5.55. The molecule has 23 heavy (non-hydrogen) atoms. The molecule has 0 aromatic heterocycles. The predicted molar refractivity (Wildman–Crippen MR) is 96.7 cm³/mol. The summed E-state index contributed by atoms with van der Waals surface area (Å²) < 4.78 is 0.912. The largest absolute Gasteiger partial charge is 0.326 e. The van der Waals surface area contributed by atoms with Gasteiger partial charge in [-0.3, -0.25) is 9.59 Å². The van der Waals surface area contributed by atoms with E-state index in [0.717, 1.165) is 26.9 Å². The van der Waals surface area contributed by atoms with E-state index in [1.807, 2.05) is 51.1 Å². The van der Waals surface area contributed by atoms with Crippen LogP contribution in [0.3, 0.4) is 0 Å². The molecule has 0 fully saturated rings. The molecule has 120 valence electrons. The molecule has 4 nitrogen and oxygen atoms in total. The van der Waals surface area contributed by atoms with Gasteiger partial charge in [-0.2, -0.15) is 0 Å². The molecule has 2 amide bonds. The highest BCUT2D eigenvalue weighted by atomic mass is 79.9. The van der Waals surface area contributed by atoms with E-state index in [-0.39, 0.29) is 18.2 Å². The smallest absolute Gasteiger partial charge is 0.233 e. The van der Waals surface area contributed by atoms with Crippen LogP contribution >= 0.6 is 15.9 Å². The van der Waals surface area contributed by atoms with Gasteiger partial charge in [0.25, 0.3) is 0 Å². The summed E-state index contributed by atoms with van der Waals surface area (Å²) in [5, 5.41) is 5.53. The maximum absolute atomic E-state index is 12.1. The van der Waals surface area contributed by atoms with Crippen molar-refractivity contribution in [3.8, 4) is 0 Å². The first-order valence-corrected chi connectivity index (χ1v) is 8.08. The summed E-state index contributed by atoms with van der Waals surface area (Å²) in [6.45, 7) is 5.81. The fourth-order valence-corrected chi connectivity index (χ4v) is 2.60. The van der Waals surface area contributed by atoms with Crippen molar-refractivity contribution in [2.75, 3.05) is 10.6 Å². The minimum atomic E-state index is -0.343. The number of hydrogen-bond donors (Lipinski definition) is 2. The Bertz CT molecular complexity index is 736. The fourth-order valence-electron chi connectivity index (χ4n) is 2.22. The van der Waals surface area contributed by atoms with Gasteiger partial charge in [-0.05, 0) is 49.6 Å². The molecule has 0 saturated carbocycles. The van der Waals surface area contributed by atoms with Crippen LogP contribution in [0.2, 0.25) is 0 Å². The molecule has 2 aromatic rings. The van der Waals surface area contributed by atoms with Gasteiger partial charge in [0.1, 0.15) is 6.42 Å². The third-order valence-corrected chi connectivity index (χ3v) is 4.38. The number of para-hydroxylation sites is 1. The number of anilines is 2. The molecular formula is C18H19BrN2O2. The number of amides is 2. The zero-order chi connectivity index (χ0) is 17.0. The fraction of sp³-hybridized carbons (Fsp3) is 0.222. The summed E-state index contributed by atoms with van der Waals surface area (Å²) >= 11 is 3.42. The first-order chi connectivity index (χ1) is 10.9. The lowest BCUT2D eigenvalue weighted by molar-refractivity contribution is -0.123. The van der Waals surface area contributed by atoms with E-state index >= 15 is 0 Å². The molecule has 0 aliphatic carbocycles. The third-order valence-electron chi connectivity index (χ3n) is 3.52. The summed E-state index contributed by atoms with van der Waals surface area (Å²) in [5.41, 5.74) is 4.45. The van der Waals surface area contributed by atoms with E-state index in [4.69, 9.17) is 0 Å². The van der Waals surface area contributed by atoms with Crippen molar-refractivity contribution in [3.63, 3.8) is 0 Å². The average Bonchev–Trinajstić information content (AvgIpc) is 2.47. The zero-order valence-electron chi connectivity index (χ0n) is 13.4. The molecule has 0 bridgehead atoms. The molecular weight excluding hydrogens is 356 g/mol. The molecule has 0 heterocycles. The highest BCUT2D eigenvalue weighted by Crippen LogP contribution is 2.21. The molecule has 2 N–H and O–H groups in total. The molecule has 0 radical (unpaired) electrons. The number of carbonyl (C=O) groups excluding carboxylic acids is 2. The van der Waals surface area contributed by atoms with Crippen LogP contribution in [-0.4, -0.2) is 11.8 Å². The molecule has 5 heteroatoms. The van der Waals surface area contributed by atoms with Crippen LogP contribution in [0.5, 0.6) is 0 Å². The van der Waals surface area contributed by atoms with Gasteiger partial charge < -0.3 is 10.6 Å². The molecule has 2 aromatic carbocycles. The average molecular weight is 375 g/mol. The molecule has 0 aliphatic heterocycles. The SMILES string of the molecule is Cc1ccc(NC(=O)CC(=O)Nc2c(C)cccc2C)cc1Br. The molecule has 2 rings (SSSR count). The summed E-state index contributed by atoms with van der Waals surface area (Å²) in [7, 11) is 0. The Morgan fingerprint density at radius 2 is 1.52 bits per heavy atom. The van der Waals surface area contributed by atoms with E-state index in [9.17, 15) is 9.59 Å². The lowest BCUT2D eigenvalue weighted by Crippen LogP contribution is -2.22. The van der Waals surface area contributed by atoms with Crippen molar-refractivity contribution >= 4 is 39.1 Å². The Balaban J connectivity index is 1.97. The summed E-state index contributed by atoms with van der Waals surface area (Å²) in [5.74, 6) is -0.671. The van der Waals surface area contributed by atoms with Crippen LogP contribution in [0.1, 0.15) is 23.1 Å². The number of rotatable bonds is 4. The Hall–Kier alpha value is -2.14. The maximum Gasteiger partial charge on any atom is 0.233 e. The van der Waals surface area contributed by atoms with Crippen LogP contribution in [0.4, 0.5) is 11.4 Å². The van der Waals surface area contributed by atoms with E-state index in [2.05, 4.69) is 26.6 Å². The predicted octanol–water partition coefficient (Wildman–Crippen LogP) is 4.34. The molecule has 0 aliphatic rings. The Labute approximate surface area is 144 Å². The topological polar surface area (TPSA) is 58.2 Å². The zero-order valence-corrected chi connectivity index (χ0v) is 15.0. The molecule has 0 unspecified atom stereocenters. The van der Waals surface area contributed by atoms with Crippen LogP contribution < -0.4 is 10.6 Å². The van der Waals surface area contributed by atoms with Crippen molar-refractivity contribution in [2.24, 2.45) is 0 Å². The van der Waals surface area contributed by atoms with Crippen molar-refractivity contribution in [2.45, 2.75) is 27.2 Å². The monoisotopic (exact) mass is 374 g/mol. The van der Waals surface area contributed by atoms with E-state index in [0.29, 0.717) is 5.69 Å². The standard InChI is InChI=1S/C18H19BrN2O2/c1-11-7-8-14(9-15(11)19)20-16(22)10-17(23)21-18-12(2)5-4-6-13(18)3/h4-9H,10H2,1-3H3,(H,20,22)(H,21,23). The summed E-state index contributed by atoms with van der Waals surface area (Å²) in [4.78, 5) is 24.0. The van der Waals surface area contributed by atoms with Gasteiger partial charge in [0.15, 0.2) is 0 Å². The highest BCUT2D eigenvalue weighted by Gasteiger charge is 2.12. The third kappa shape index (κ3) is 4.66. The number of aryl methyl sites for hydroxylation is 3. The maximum atomic E-state index is 12.1. The van der Waals surface area contributed by atoms with Gasteiger partial charge in [-0.15, -0.1) is 0 Å². The van der Waals surface area contributed by atoms with Crippen molar-refractivity contribution in [1.29, 1.82) is 0 Å². The van der Waals surface area contributed by atoms with Gasteiger partial charge >= 0.3 is 0 Å². The second-order valence-corrected chi connectivity index (χ2v) is 6.36. The van der Waals surface area contributed by atoms with E-state index < -0.39 is 0 Å². The number of hydrogen-bond acceptors (Lipinski definition) is 2. The quantitative estimate of drug-likeness (QED) is 0.781. The molecule has 0 spiro atoms. The van der Waals surface area contributed by atoms with Crippen LogP contribution in [0.25, 0.3) is 0 Å². The van der Waals surface area contributed by atoms with Crippen molar-refractivity contribution in [3.05, 3.63) is 57.6 Å². The number of carbonyl (C=O) groups is 2. The second kappa shape index (κ2) is 7.42. The Morgan fingerprint density at radius 3 is 2.13 bits per heavy atom. The van der Waals surface area contributed by atoms with Crippen molar-refractivity contribution in [1.82, 2.24) is 0 Å². The summed E-state index contributed by atoms with van der Waals surface area (Å²) in [6, 6.07) is 11.3. The second-order valence-electron chi connectivity index (χ2n) is 5.50. The van der Waals surface area contributed by atoms with Gasteiger partial charge in [0, 0.05) is 15.8 Å². The van der Waals surface area contributed by atoms with E-state index in [1.165, 1.54) is 0 Å².